The molecular weight excluding hydrogens is 334 g/mol. The molecule has 24 heavy (non-hydrogen) atoms. The Morgan fingerprint density at radius 3 is 2.67 bits per heavy atom. The number of carbonyl (C=O) groups is 2. The second kappa shape index (κ2) is 6.67. The standard InChI is InChI=1S/C16H14ClN3O4/c17-11-6-10(18)2-3-12(11)20-16(22)15(21)19-7-9-1-4-13-14(5-9)24-8-23-13/h1-6H,7-8,18H2,(H,19,21)(H,20,22). The average molecular weight is 348 g/mol. The quantitative estimate of drug-likeness (QED) is 0.581. The number of rotatable bonds is 3. The lowest BCUT2D eigenvalue weighted by molar-refractivity contribution is -0.136. The average Bonchev–Trinajstić information content (AvgIpc) is 3.02. The fourth-order valence-electron chi connectivity index (χ4n) is 2.13. The number of nitrogens with one attached hydrogen (secondary N) is 2. The third-order valence-corrected chi connectivity index (χ3v) is 3.65. The first kappa shape index (κ1) is 15.9. The summed E-state index contributed by atoms with van der Waals surface area (Å²) in [6.45, 7) is 0.355. The van der Waals surface area contributed by atoms with Gasteiger partial charge in [0.05, 0.1) is 10.7 Å². The first-order valence-electron chi connectivity index (χ1n) is 7.05. The molecule has 0 aliphatic carbocycles. The zero-order valence-corrected chi connectivity index (χ0v) is 13.2. The molecule has 0 bridgehead atoms. The van der Waals surface area contributed by atoms with E-state index >= 15 is 0 Å². The van der Waals surface area contributed by atoms with Gasteiger partial charge in [-0.1, -0.05) is 17.7 Å². The van der Waals surface area contributed by atoms with Crippen LogP contribution in [0.1, 0.15) is 5.56 Å². The molecule has 0 atom stereocenters. The predicted molar refractivity (Wildman–Crippen MR) is 88.9 cm³/mol. The van der Waals surface area contributed by atoms with Crippen LogP contribution in [0.25, 0.3) is 0 Å². The molecule has 4 N–H and O–H groups in total. The van der Waals surface area contributed by atoms with Gasteiger partial charge in [0.25, 0.3) is 0 Å². The molecule has 0 fully saturated rings. The summed E-state index contributed by atoms with van der Waals surface area (Å²) in [5.41, 5.74) is 7.13. The molecule has 7 nitrogen and oxygen atoms in total. The van der Waals surface area contributed by atoms with Crippen LogP contribution in [-0.2, 0) is 16.1 Å². The Bertz CT molecular complexity index is 810. The molecule has 1 aliphatic rings. The lowest BCUT2D eigenvalue weighted by atomic mass is 10.2. The molecular formula is C16H14ClN3O4. The van der Waals surface area contributed by atoms with E-state index in [2.05, 4.69) is 10.6 Å². The molecule has 124 valence electrons. The number of ether oxygens (including phenoxy) is 2. The summed E-state index contributed by atoms with van der Waals surface area (Å²) < 4.78 is 10.5. The van der Waals surface area contributed by atoms with Gasteiger partial charge in [0.15, 0.2) is 11.5 Å². The van der Waals surface area contributed by atoms with Gasteiger partial charge in [-0.05, 0) is 35.9 Å². The van der Waals surface area contributed by atoms with Crippen molar-refractivity contribution >= 4 is 34.8 Å². The second-order valence-corrected chi connectivity index (χ2v) is 5.47. The maximum absolute atomic E-state index is 11.9. The lowest BCUT2D eigenvalue weighted by Crippen LogP contribution is -2.35. The lowest BCUT2D eigenvalue weighted by Gasteiger charge is -2.09. The Morgan fingerprint density at radius 2 is 1.88 bits per heavy atom. The van der Waals surface area contributed by atoms with E-state index in [0.717, 1.165) is 5.56 Å². The Kier molecular flexibility index (Phi) is 4.43. The van der Waals surface area contributed by atoms with E-state index in [0.29, 0.717) is 22.9 Å². The highest BCUT2D eigenvalue weighted by molar-refractivity contribution is 6.41. The minimum Gasteiger partial charge on any atom is -0.454 e. The summed E-state index contributed by atoms with van der Waals surface area (Å²) in [6.07, 6.45) is 0. The number of nitrogen functional groups attached to an aromatic ring is 1. The molecule has 2 aromatic carbocycles. The van der Waals surface area contributed by atoms with Gasteiger partial charge in [-0.25, -0.2) is 0 Å². The molecule has 1 heterocycles. The molecule has 3 rings (SSSR count). The highest BCUT2D eigenvalue weighted by Gasteiger charge is 2.16. The number of amides is 2. The molecule has 8 heteroatoms. The van der Waals surface area contributed by atoms with Crippen molar-refractivity contribution in [2.45, 2.75) is 6.54 Å². The number of hydrogen-bond donors (Lipinski definition) is 3. The van der Waals surface area contributed by atoms with Crippen LogP contribution in [0.15, 0.2) is 36.4 Å². The van der Waals surface area contributed by atoms with Crippen LogP contribution >= 0.6 is 11.6 Å². The molecule has 1 aliphatic heterocycles. The topological polar surface area (TPSA) is 103 Å². The first-order chi connectivity index (χ1) is 11.5. The zero-order valence-electron chi connectivity index (χ0n) is 12.5. The van der Waals surface area contributed by atoms with E-state index in [9.17, 15) is 9.59 Å². The van der Waals surface area contributed by atoms with Crippen LogP contribution in [-0.4, -0.2) is 18.6 Å². The number of fused-ring (bicyclic) bond motifs is 1. The van der Waals surface area contributed by atoms with Crippen LogP contribution < -0.4 is 25.8 Å². The van der Waals surface area contributed by atoms with Gasteiger partial charge >= 0.3 is 11.8 Å². The number of benzene rings is 2. The van der Waals surface area contributed by atoms with E-state index in [1.54, 1.807) is 24.3 Å². The van der Waals surface area contributed by atoms with Gasteiger partial charge in [-0.2, -0.15) is 0 Å². The van der Waals surface area contributed by atoms with Crippen molar-refractivity contribution in [1.82, 2.24) is 5.32 Å². The van der Waals surface area contributed by atoms with Gasteiger partial charge in [0.1, 0.15) is 0 Å². The second-order valence-electron chi connectivity index (χ2n) is 5.06. The van der Waals surface area contributed by atoms with Crippen molar-refractivity contribution in [3.05, 3.63) is 47.0 Å². The number of hydrogen-bond acceptors (Lipinski definition) is 5. The number of halogens is 1. The fourth-order valence-corrected chi connectivity index (χ4v) is 2.36. The molecule has 2 aromatic rings. The Labute approximate surface area is 142 Å². The van der Waals surface area contributed by atoms with Crippen LogP contribution in [0.3, 0.4) is 0 Å². The zero-order chi connectivity index (χ0) is 17.1. The molecule has 0 aromatic heterocycles. The Hall–Kier alpha value is -2.93. The van der Waals surface area contributed by atoms with Crippen molar-refractivity contribution in [2.75, 3.05) is 17.8 Å². The fraction of sp³-hybridized carbons (Fsp3) is 0.125. The minimum absolute atomic E-state index is 0.176. The SMILES string of the molecule is Nc1ccc(NC(=O)C(=O)NCc2ccc3c(c2)OCO3)c(Cl)c1. The first-order valence-corrected chi connectivity index (χ1v) is 7.43. The van der Waals surface area contributed by atoms with Crippen molar-refractivity contribution in [2.24, 2.45) is 0 Å². The van der Waals surface area contributed by atoms with Crippen molar-refractivity contribution < 1.29 is 19.1 Å². The van der Waals surface area contributed by atoms with Gasteiger partial charge in [0.2, 0.25) is 6.79 Å². The Balaban J connectivity index is 1.57. The highest BCUT2D eigenvalue weighted by atomic mass is 35.5. The maximum atomic E-state index is 11.9. The molecule has 0 spiro atoms. The van der Waals surface area contributed by atoms with Crippen molar-refractivity contribution in [3.63, 3.8) is 0 Å². The monoisotopic (exact) mass is 347 g/mol. The predicted octanol–water partition coefficient (Wildman–Crippen LogP) is 1.91. The summed E-state index contributed by atoms with van der Waals surface area (Å²) in [7, 11) is 0. The van der Waals surface area contributed by atoms with Crippen molar-refractivity contribution in [1.29, 1.82) is 0 Å². The van der Waals surface area contributed by atoms with Gasteiger partial charge in [-0.3, -0.25) is 9.59 Å². The summed E-state index contributed by atoms with van der Waals surface area (Å²) in [5.74, 6) is -0.330. The Morgan fingerprint density at radius 1 is 1.08 bits per heavy atom. The normalized spacial score (nSPS) is 11.9. The molecule has 0 saturated carbocycles. The summed E-state index contributed by atoms with van der Waals surface area (Å²) in [4.78, 5) is 23.8. The number of anilines is 2. The minimum atomic E-state index is -0.817. The smallest absolute Gasteiger partial charge is 0.313 e. The molecule has 0 unspecified atom stereocenters. The number of carbonyl (C=O) groups excluding carboxylic acids is 2. The molecule has 2 amide bonds. The third kappa shape index (κ3) is 3.52. The number of nitrogens with two attached hydrogens (primary N) is 1. The van der Waals surface area contributed by atoms with E-state index in [1.807, 2.05) is 0 Å². The van der Waals surface area contributed by atoms with Crippen LogP contribution in [0.4, 0.5) is 11.4 Å². The van der Waals surface area contributed by atoms with Crippen molar-refractivity contribution in [3.8, 4) is 11.5 Å². The summed E-state index contributed by atoms with van der Waals surface area (Å²) >= 11 is 5.95. The van der Waals surface area contributed by atoms with E-state index in [1.165, 1.54) is 12.1 Å². The third-order valence-electron chi connectivity index (χ3n) is 3.34. The summed E-state index contributed by atoms with van der Waals surface area (Å²) in [5, 5.41) is 5.21. The van der Waals surface area contributed by atoms with Gasteiger partial charge < -0.3 is 25.8 Å². The van der Waals surface area contributed by atoms with Crippen LogP contribution in [0.5, 0.6) is 11.5 Å². The van der Waals surface area contributed by atoms with Crippen LogP contribution in [0.2, 0.25) is 5.02 Å². The molecule has 0 radical (unpaired) electrons. The van der Waals surface area contributed by atoms with Crippen LogP contribution in [0, 0.1) is 0 Å². The van der Waals surface area contributed by atoms with E-state index in [-0.39, 0.29) is 18.4 Å². The molecule has 0 saturated heterocycles. The van der Waals surface area contributed by atoms with Gasteiger partial charge in [-0.15, -0.1) is 0 Å². The van der Waals surface area contributed by atoms with E-state index < -0.39 is 11.8 Å². The summed E-state index contributed by atoms with van der Waals surface area (Å²) in [6, 6.07) is 9.87. The van der Waals surface area contributed by atoms with E-state index in [4.69, 9.17) is 26.8 Å². The van der Waals surface area contributed by atoms with Gasteiger partial charge in [0, 0.05) is 12.2 Å². The maximum Gasteiger partial charge on any atom is 0.313 e. The highest BCUT2D eigenvalue weighted by Crippen LogP contribution is 2.32. The largest absolute Gasteiger partial charge is 0.454 e.